The Morgan fingerprint density at radius 3 is 2.48 bits per heavy atom. The minimum atomic E-state index is -0.107. The number of H-pyrrole nitrogens is 1. The fourth-order valence-corrected chi connectivity index (χ4v) is 2.86. The second-order valence-corrected chi connectivity index (χ2v) is 6.12. The molecule has 6 nitrogen and oxygen atoms in total. The third-order valence-electron chi connectivity index (χ3n) is 4.43. The Labute approximate surface area is 146 Å². The highest BCUT2D eigenvalue weighted by atomic mass is 16.1. The summed E-state index contributed by atoms with van der Waals surface area (Å²) in [6.07, 6.45) is 0.657. The van der Waals surface area contributed by atoms with E-state index in [1.165, 1.54) is 5.56 Å². The molecule has 2 heterocycles. The molecule has 25 heavy (non-hydrogen) atoms. The first-order chi connectivity index (χ1) is 12.0. The van der Waals surface area contributed by atoms with Gasteiger partial charge >= 0.3 is 0 Å². The summed E-state index contributed by atoms with van der Waals surface area (Å²) in [6.45, 7) is 8.44. The van der Waals surface area contributed by atoms with Crippen molar-refractivity contribution in [3.63, 3.8) is 0 Å². The normalized spacial score (nSPS) is 10.9. The van der Waals surface area contributed by atoms with Gasteiger partial charge in [-0.15, -0.1) is 0 Å². The Hall–Kier alpha value is -2.89. The van der Waals surface area contributed by atoms with Gasteiger partial charge in [-0.1, -0.05) is 37.3 Å². The standard InChI is InChI=1S/C19H23N5O/c1-5-16-14(4)21-19(22-18(16)25)24-17(12(2)13(3)23-24)20-11-15-9-7-6-8-10-15/h6-10,20H,5,11H2,1-4H3,(H,21,22,25). The number of hydrogen-bond donors (Lipinski definition) is 2. The monoisotopic (exact) mass is 337 g/mol. The zero-order valence-electron chi connectivity index (χ0n) is 15.1. The minimum Gasteiger partial charge on any atom is -0.366 e. The number of nitrogens with one attached hydrogen (secondary N) is 2. The van der Waals surface area contributed by atoms with Crippen molar-refractivity contribution in [1.29, 1.82) is 0 Å². The average molecular weight is 337 g/mol. The van der Waals surface area contributed by atoms with Gasteiger partial charge in [-0.3, -0.25) is 9.78 Å². The van der Waals surface area contributed by atoms with Gasteiger partial charge in [0.2, 0.25) is 5.95 Å². The smallest absolute Gasteiger partial charge is 0.255 e. The van der Waals surface area contributed by atoms with Crippen LogP contribution in [0, 0.1) is 20.8 Å². The van der Waals surface area contributed by atoms with E-state index in [-0.39, 0.29) is 5.56 Å². The quantitative estimate of drug-likeness (QED) is 0.750. The van der Waals surface area contributed by atoms with E-state index in [1.54, 1.807) is 4.68 Å². The zero-order valence-corrected chi connectivity index (χ0v) is 15.1. The molecule has 3 aromatic rings. The number of aromatic amines is 1. The van der Waals surface area contributed by atoms with E-state index in [0.717, 1.165) is 22.8 Å². The maximum Gasteiger partial charge on any atom is 0.255 e. The molecule has 2 aromatic heterocycles. The number of benzene rings is 1. The zero-order chi connectivity index (χ0) is 18.0. The molecule has 1 aromatic carbocycles. The lowest BCUT2D eigenvalue weighted by Crippen LogP contribution is -2.20. The number of nitrogens with zero attached hydrogens (tertiary/aromatic N) is 3. The largest absolute Gasteiger partial charge is 0.366 e. The van der Waals surface area contributed by atoms with Crippen molar-refractivity contribution in [1.82, 2.24) is 19.7 Å². The second kappa shape index (κ2) is 6.93. The highest BCUT2D eigenvalue weighted by Crippen LogP contribution is 2.21. The summed E-state index contributed by atoms with van der Waals surface area (Å²) in [7, 11) is 0. The van der Waals surface area contributed by atoms with E-state index in [1.807, 2.05) is 45.9 Å². The van der Waals surface area contributed by atoms with Crippen molar-refractivity contribution in [3.8, 4) is 5.95 Å². The van der Waals surface area contributed by atoms with Crippen LogP contribution < -0.4 is 10.9 Å². The van der Waals surface area contributed by atoms with E-state index >= 15 is 0 Å². The third-order valence-corrected chi connectivity index (χ3v) is 4.43. The fraction of sp³-hybridized carbons (Fsp3) is 0.316. The molecule has 0 amide bonds. The Morgan fingerprint density at radius 2 is 1.84 bits per heavy atom. The molecule has 0 saturated carbocycles. The van der Waals surface area contributed by atoms with Crippen molar-refractivity contribution in [2.24, 2.45) is 0 Å². The lowest BCUT2D eigenvalue weighted by atomic mass is 10.2. The summed E-state index contributed by atoms with van der Waals surface area (Å²) in [5.41, 5.74) is 4.45. The van der Waals surface area contributed by atoms with Gasteiger partial charge in [-0.25, -0.2) is 4.98 Å². The van der Waals surface area contributed by atoms with Gasteiger partial charge in [0.25, 0.3) is 5.56 Å². The van der Waals surface area contributed by atoms with E-state index in [0.29, 0.717) is 24.5 Å². The Balaban J connectivity index is 2.00. The maximum atomic E-state index is 12.3. The molecule has 0 aliphatic rings. The van der Waals surface area contributed by atoms with Crippen molar-refractivity contribution in [2.45, 2.75) is 40.7 Å². The number of aryl methyl sites for hydroxylation is 2. The Morgan fingerprint density at radius 1 is 1.12 bits per heavy atom. The van der Waals surface area contributed by atoms with Gasteiger partial charge in [0, 0.05) is 23.4 Å². The first-order valence-electron chi connectivity index (χ1n) is 8.45. The molecule has 0 bridgehead atoms. The van der Waals surface area contributed by atoms with Crippen LogP contribution in [-0.2, 0) is 13.0 Å². The van der Waals surface area contributed by atoms with Crippen LogP contribution in [-0.4, -0.2) is 19.7 Å². The van der Waals surface area contributed by atoms with Crippen LogP contribution in [0.25, 0.3) is 5.95 Å². The summed E-state index contributed by atoms with van der Waals surface area (Å²) in [5.74, 6) is 1.28. The lowest BCUT2D eigenvalue weighted by molar-refractivity contribution is 0.775. The summed E-state index contributed by atoms with van der Waals surface area (Å²) in [4.78, 5) is 19.7. The third kappa shape index (κ3) is 3.33. The van der Waals surface area contributed by atoms with E-state index < -0.39 is 0 Å². The highest BCUT2D eigenvalue weighted by Gasteiger charge is 2.16. The predicted octanol–water partition coefficient (Wildman–Crippen LogP) is 3.06. The average Bonchev–Trinajstić information content (AvgIpc) is 2.88. The van der Waals surface area contributed by atoms with Crippen molar-refractivity contribution < 1.29 is 0 Å². The van der Waals surface area contributed by atoms with Gasteiger partial charge < -0.3 is 5.32 Å². The summed E-state index contributed by atoms with van der Waals surface area (Å²) in [6, 6.07) is 10.2. The first kappa shape index (κ1) is 17.0. The molecule has 2 N–H and O–H groups in total. The number of anilines is 1. The van der Waals surface area contributed by atoms with Crippen LogP contribution in [0.2, 0.25) is 0 Å². The molecule has 0 aliphatic carbocycles. The first-order valence-corrected chi connectivity index (χ1v) is 8.45. The summed E-state index contributed by atoms with van der Waals surface area (Å²) in [5, 5.41) is 7.98. The number of rotatable bonds is 5. The van der Waals surface area contributed by atoms with Gasteiger partial charge in [0.05, 0.1) is 5.69 Å². The van der Waals surface area contributed by atoms with Crippen molar-refractivity contribution in [3.05, 3.63) is 68.8 Å². The molecule has 0 saturated heterocycles. The SMILES string of the molecule is CCc1c(C)nc(-n2nc(C)c(C)c2NCc2ccccc2)[nH]c1=O. The second-order valence-electron chi connectivity index (χ2n) is 6.12. The molecule has 0 atom stereocenters. The number of aromatic nitrogens is 4. The molecule has 3 rings (SSSR count). The van der Waals surface area contributed by atoms with Crippen molar-refractivity contribution >= 4 is 5.82 Å². The van der Waals surface area contributed by atoms with Crippen LogP contribution in [0.1, 0.15) is 35.0 Å². The molecule has 0 fully saturated rings. The van der Waals surface area contributed by atoms with Gasteiger partial charge in [0.1, 0.15) is 5.82 Å². The minimum absolute atomic E-state index is 0.107. The summed E-state index contributed by atoms with van der Waals surface area (Å²) < 4.78 is 1.68. The van der Waals surface area contributed by atoms with Crippen molar-refractivity contribution in [2.75, 3.05) is 5.32 Å². The molecule has 130 valence electrons. The predicted molar refractivity (Wildman–Crippen MR) is 99.3 cm³/mol. The molecular weight excluding hydrogens is 314 g/mol. The van der Waals surface area contributed by atoms with E-state index in [2.05, 4.69) is 32.5 Å². The molecule has 0 aliphatic heterocycles. The lowest BCUT2D eigenvalue weighted by Gasteiger charge is -2.11. The molecule has 0 spiro atoms. The molecule has 0 radical (unpaired) electrons. The van der Waals surface area contributed by atoms with Crippen LogP contribution >= 0.6 is 0 Å². The molecule has 0 unspecified atom stereocenters. The molecule has 6 heteroatoms. The Bertz CT molecular complexity index is 940. The van der Waals surface area contributed by atoms with Crippen LogP contribution in [0.4, 0.5) is 5.82 Å². The van der Waals surface area contributed by atoms with Gasteiger partial charge in [-0.05, 0) is 32.8 Å². The highest BCUT2D eigenvalue weighted by molar-refractivity contribution is 5.50. The van der Waals surface area contributed by atoms with Crippen LogP contribution in [0.5, 0.6) is 0 Å². The Kier molecular flexibility index (Phi) is 4.70. The number of hydrogen-bond acceptors (Lipinski definition) is 4. The van der Waals surface area contributed by atoms with Crippen LogP contribution in [0.3, 0.4) is 0 Å². The van der Waals surface area contributed by atoms with E-state index in [9.17, 15) is 4.79 Å². The topological polar surface area (TPSA) is 75.6 Å². The van der Waals surface area contributed by atoms with Gasteiger partial charge in [0.15, 0.2) is 0 Å². The van der Waals surface area contributed by atoms with Gasteiger partial charge in [-0.2, -0.15) is 9.78 Å². The molecular formula is C19H23N5O. The van der Waals surface area contributed by atoms with Crippen LogP contribution in [0.15, 0.2) is 35.1 Å². The maximum absolute atomic E-state index is 12.3. The fourth-order valence-electron chi connectivity index (χ4n) is 2.86. The van der Waals surface area contributed by atoms with E-state index in [4.69, 9.17) is 0 Å². The summed E-state index contributed by atoms with van der Waals surface area (Å²) >= 11 is 0.